The number of hydrogen-bond acceptors (Lipinski definition) is 4. The predicted octanol–water partition coefficient (Wildman–Crippen LogP) is 5.51. The Balaban J connectivity index is 1.68. The second-order valence-electron chi connectivity index (χ2n) is 6.77. The van der Waals surface area contributed by atoms with E-state index in [9.17, 15) is 4.79 Å². The molecule has 4 nitrogen and oxygen atoms in total. The van der Waals surface area contributed by atoms with Crippen LogP contribution < -0.4 is 0 Å². The summed E-state index contributed by atoms with van der Waals surface area (Å²) >= 11 is 1.70. The molecular formula is C24H17N3OS. The number of aromatic nitrogens is 3. The van der Waals surface area contributed by atoms with Crippen LogP contribution in [0.25, 0.3) is 21.3 Å². The normalized spacial score (nSPS) is 11.0. The smallest absolute Gasteiger partial charge is 0.229 e. The maximum absolute atomic E-state index is 13.0. The molecule has 5 aromatic rings. The Morgan fingerprint density at radius 1 is 0.931 bits per heavy atom. The van der Waals surface area contributed by atoms with Crippen LogP contribution in [0.3, 0.4) is 0 Å². The molecule has 2 aromatic carbocycles. The van der Waals surface area contributed by atoms with Crippen molar-refractivity contribution in [1.29, 1.82) is 0 Å². The van der Waals surface area contributed by atoms with Gasteiger partial charge < -0.3 is 0 Å². The zero-order valence-electron chi connectivity index (χ0n) is 15.5. The van der Waals surface area contributed by atoms with Crippen molar-refractivity contribution in [2.75, 3.05) is 0 Å². The van der Waals surface area contributed by atoms with Crippen molar-refractivity contribution in [3.63, 3.8) is 0 Å². The number of ketones is 1. The van der Waals surface area contributed by atoms with Gasteiger partial charge in [0.2, 0.25) is 5.78 Å². The van der Waals surface area contributed by atoms with Gasteiger partial charge in [-0.2, -0.15) is 5.10 Å². The third kappa shape index (κ3) is 3.26. The van der Waals surface area contributed by atoms with Gasteiger partial charge in [0.25, 0.3) is 0 Å². The van der Waals surface area contributed by atoms with E-state index in [-0.39, 0.29) is 5.78 Å². The monoisotopic (exact) mass is 395 g/mol. The number of carbonyl (C=O) groups excluding carboxylic acids is 1. The van der Waals surface area contributed by atoms with Crippen LogP contribution in [0, 0.1) is 0 Å². The van der Waals surface area contributed by atoms with Gasteiger partial charge in [0.15, 0.2) is 0 Å². The molecule has 5 heteroatoms. The van der Waals surface area contributed by atoms with Crippen molar-refractivity contribution < 1.29 is 4.79 Å². The largest absolute Gasteiger partial charge is 0.285 e. The molecule has 5 rings (SSSR count). The number of carbonyl (C=O) groups is 1. The van der Waals surface area contributed by atoms with Gasteiger partial charge in [0, 0.05) is 22.9 Å². The number of pyridine rings is 1. The van der Waals surface area contributed by atoms with Crippen LogP contribution in [0.1, 0.15) is 27.3 Å². The second kappa shape index (κ2) is 7.45. The molecule has 1 N–H and O–H groups in total. The number of aromatic amines is 1. The van der Waals surface area contributed by atoms with Crippen molar-refractivity contribution >= 4 is 28.0 Å². The summed E-state index contributed by atoms with van der Waals surface area (Å²) in [4.78, 5) is 18.4. The van der Waals surface area contributed by atoms with Crippen molar-refractivity contribution in [2.24, 2.45) is 0 Å². The van der Waals surface area contributed by atoms with E-state index < -0.39 is 0 Å². The standard InChI is InChI=1S/C24H17N3OS/c28-24(20-9-4-5-13-25-20)23-18-12-11-17(21-10-6-14-29-21)19(22(18)26-27-23)15-16-7-2-1-3-8-16/h1-14H,15H2,(H,26,27). The van der Waals surface area contributed by atoms with Crippen LogP contribution >= 0.6 is 11.3 Å². The zero-order valence-corrected chi connectivity index (χ0v) is 16.3. The first-order chi connectivity index (χ1) is 14.3. The van der Waals surface area contributed by atoms with Crippen molar-refractivity contribution in [1.82, 2.24) is 15.2 Å². The van der Waals surface area contributed by atoms with E-state index >= 15 is 0 Å². The highest BCUT2D eigenvalue weighted by Gasteiger charge is 2.20. The van der Waals surface area contributed by atoms with E-state index in [4.69, 9.17) is 0 Å². The SMILES string of the molecule is O=C(c1ccccn1)c1[nH]nc2c(Cc3ccccc3)c(-c3cccs3)ccc12. The van der Waals surface area contributed by atoms with Crippen LogP contribution in [-0.2, 0) is 6.42 Å². The lowest BCUT2D eigenvalue weighted by Gasteiger charge is -2.10. The molecule has 29 heavy (non-hydrogen) atoms. The van der Waals surface area contributed by atoms with Gasteiger partial charge in [-0.15, -0.1) is 11.3 Å². The summed E-state index contributed by atoms with van der Waals surface area (Å²) in [5.41, 5.74) is 5.19. The number of fused-ring (bicyclic) bond motifs is 1. The number of rotatable bonds is 5. The van der Waals surface area contributed by atoms with E-state index in [0.29, 0.717) is 11.4 Å². The number of hydrogen-bond donors (Lipinski definition) is 1. The summed E-state index contributed by atoms with van der Waals surface area (Å²) in [6.07, 6.45) is 2.37. The van der Waals surface area contributed by atoms with E-state index in [0.717, 1.165) is 28.5 Å². The Bertz CT molecular complexity index is 1280. The lowest BCUT2D eigenvalue weighted by Crippen LogP contribution is -2.04. The van der Waals surface area contributed by atoms with E-state index in [1.807, 2.05) is 30.3 Å². The van der Waals surface area contributed by atoms with Crippen LogP contribution in [0.2, 0.25) is 0 Å². The molecule has 140 valence electrons. The number of benzene rings is 2. The molecule has 0 saturated carbocycles. The Labute approximate surface area is 171 Å². The molecule has 0 aliphatic carbocycles. The Morgan fingerprint density at radius 2 is 1.79 bits per heavy atom. The number of nitrogens with one attached hydrogen (secondary N) is 1. The molecule has 0 fully saturated rings. The average Bonchev–Trinajstić information content (AvgIpc) is 3.45. The number of H-pyrrole nitrogens is 1. The predicted molar refractivity (Wildman–Crippen MR) is 116 cm³/mol. The van der Waals surface area contributed by atoms with Crippen LogP contribution in [0.5, 0.6) is 0 Å². The minimum Gasteiger partial charge on any atom is -0.285 e. The highest BCUT2D eigenvalue weighted by Crippen LogP contribution is 2.35. The molecule has 0 atom stereocenters. The Kier molecular flexibility index (Phi) is 4.50. The molecule has 0 aliphatic rings. The lowest BCUT2D eigenvalue weighted by molar-refractivity contribution is 0.103. The van der Waals surface area contributed by atoms with Gasteiger partial charge in [0.05, 0.1) is 5.52 Å². The maximum Gasteiger partial charge on any atom is 0.229 e. The molecular weight excluding hydrogens is 378 g/mol. The molecule has 0 aliphatic heterocycles. The molecule has 0 amide bonds. The minimum atomic E-state index is -0.150. The fourth-order valence-corrected chi connectivity index (χ4v) is 4.36. The van der Waals surface area contributed by atoms with Gasteiger partial charge in [-0.1, -0.05) is 48.5 Å². The molecule has 0 saturated heterocycles. The van der Waals surface area contributed by atoms with Gasteiger partial charge in [-0.3, -0.25) is 14.9 Å². The number of thiophene rings is 1. The van der Waals surface area contributed by atoms with Gasteiger partial charge >= 0.3 is 0 Å². The third-order valence-corrected chi connectivity index (χ3v) is 5.87. The average molecular weight is 395 g/mol. The summed E-state index contributed by atoms with van der Waals surface area (Å²) in [7, 11) is 0. The van der Waals surface area contributed by atoms with Crippen molar-refractivity contribution in [3.8, 4) is 10.4 Å². The lowest BCUT2D eigenvalue weighted by atomic mass is 9.95. The summed E-state index contributed by atoms with van der Waals surface area (Å²) in [5, 5.41) is 10.4. The topological polar surface area (TPSA) is 58.6 Å². The Hall–Kier alpha value is -3.57. The molecule has 0 spiro atoms. The molecule has 3 aromatic heterocycles. The first kappa shape index (κ1) is 17.5. The van der Waals surface area contributed by atoms with Crippen LogP contribution in [-0.4, -0.2) is 21.0 Å². The van der Waals surface area contributed by atoms with E-state index in [2.05, 4.69) is 50.9 Å². The first-order valence-electron chi connectivity index (χ1n) is 9.35. The molecule has 0 bridgehead atoms. The summed E-state index contributed by atoms with van der Waals surface area (Å²) in [6.45, 7) is 0. The quantitative estimate of drug-likeness (QED) is 0.399. The zero-order chi connectivity index (χ0) is 19.6. The molecule has 3 heterocycles. The van der Waals surface area contributed by atoms with Crippen molar-refractivity contribution in [3.05, 3.63) is 107 Å². The van der Waals surface area contributed by atoms with Crippen LogP contribution in [0.15, 0.2) is 84.4 Å². The fourth-order valence-electron chi connectivity index (χ4n) is 3.58. The third-order valence-electron chi connectivity index (χ3n) is 4.97. The highest BCUT2D eigenvalue weighted by molar-refractivity contribution is 7.13. The minimum absolute atomic E-state index is 0.150. The highest BCUT2D eigenvalue weighted by atomic mass is 32.1. The fraction of sp³-hybridized carbons (Fsp3) is 0.0417. The summed E-state index contributed by atoms with van der Waals surface area (Å²) in [6, 6.07) is 23.9. The molecule has 0 unspecified atom stereocenters. The van der Waals surface area contributed by atoms with Gasteiger partial charge in [-0.05, 0) is 46.3 Å². The van der Waals surface area contributed by atoms with E-state index in [1.165, 1.54) is 10.4 Å². The second-order valence-corrected chi connectivity index (χ2v) is 7.72. The Morgan fingerprint density at radius 3 is 2.55 bits per heavy atom. The summed E-state index contributed by atoms with van der Waals surface area (Å²) in [5.74, 6) is -0.150. The van der Waals surface area contributed by atoms with Gasteiger partial charge in [-0.25, -0.2) is 0 Å². The molecule has 0 radical (unpaired) electrons. The van der Waals surface area contributed by atoms with Gasteiger partial charge in [0.1, 0.15) is 11.4 Å². The number of nitrogens with zero attached hydrogens (tertiary/aromatic N) is 2. The maximum atomic E-state index is 13.0. The first-order valence-corrected chi connectivity index (χ1v) is 10.2. The van der Waals surface area contributed by atoms with Crippen molar-refractivity contribution in [2.45, 2.75) is 6.42 Å². The van der Waals surface area contributed by atoms with E-state index in [1.54, 1.807) is 29.7 Å². The summed E-state index contributed by atoms with van der Waals surface area (Å²) < 4.78 is 0. The van der Waals surface area contributed by atoms with Crippen LogP contribution in [0.4, 0.5) is 0 Å².